The molecule has 3 rings (SSSR count). The first kappa shape index (κ1) is 14.3. The Kier molecular flexibility index (Phi) is 4.07. The van der Waals surface area contributed by atoms with Crippen LogP contribution in [0.5, 0.6) is 5.88 Å². The molecule has 2 aromatic heterocycles. The van der Waals surface area contributed by atoms with E-state index in [0.29, 0.717) is 28.2 Å². The average molecular weight is 324 g/mol. The summed E-state index contributed by atoms with van der Waals surface area (Å²) >= 11 is 7.17. The summed E-state index contributed by atoms with van der Waals surface area (Å²) in [5, 5.41) is 7.94. The van der Waals surface area contributed by atoms with E-state index in [-0.39, 0.29) is 12.0 Å². The van der Waals surface area contributed by atoms with Gasteiger partial charge in [-0.25, -0.2) is 0 Å². The molecule has 1 aliphatic heterocycles. The second-order valence-corrected chi connectivity index (χ2v) is 6.61. The highest BCUT2D eigenvalue weighted by molar-refractivity contribution is 7.17. The largest absolute Gasteiger partial charge is 0.471 e. The lowest BCUT2D eigenvalue weighted by atomic mass is 10.3. The Balaban J connectivity index is 1.60. The highest BCUT2D eigenvalue weighted by atomic mass is 35.5. The molecule has 1 aliphatic rings. The molecule has 1 amide bonds. The van der Waals surface area contributed by atoms with Gasteiger partial charge in [-0.3, -0.25) is 4.79 Å². The summed E-state index contributed by atoms with van der Waals surface area (Å²) in [5.74, 6) is 0.507. The molecule has 2 aromatic rings. The van der Waals surface area contributed by atoms with Crippen LogP contribution in [0.3, 0.4) is 0 Å². The molecule has 110 valence electrons. The van der Waals surface area contributed by atoms with Gasteiger partial charge in [0.05, 0.1) is 21.5 Å². The number of carbonyl (C=O) groups is 1. The van der Waals surface area contributed by atoms with E-state index in [2.05, 4.69) is 10.2 Å². The summed E-state index contributed by atoms with van der Waals surface area (Å²) in [4.78, 5) is 14.7. The quantitative estimate of drug-likeness (QED) is 0.871. The van der Waals surface area contributed by atoms with E-state index in [1.54, 1.807) is 23.1 Å². The summed E-state index contributed by atoms with van der Waals surface area (Å²) in [6, 6.07) is 7.15. The minimum Gasteiger partial charge on any atom is -0.471 e. The summed E-state index contributed by atoms with van der Waals surface area (Å²) in [5.41, 5.74) is 0.847. The molecule has 21 heavy (non-hydrogen) atoms. The maximum atomic E-state index is 12.3. The van der Waals surface area contributed by atoms with Gasteiger partial charge in [-0.15, -0.1) is 16.4 Å². The Morgan fingerprint density at radius 2 is 2.24 bits per heavy atom. The Morgan fingerprint density at radius 3 is 2.90 bits per heavy atom. The van der Waals surface area contributed by atoms with Crippen molar-refractivity contribution in [3.05, 3.63) is 39.2 Å². The second-order valence-electron chi connectivity index (χ2n) is 4.90. The first-order valence-electron chi connectivity index (χ1n) is 6.63. The Hall–Kier alpha value is -1.66. The first-order valence-corrected chi connectivity index (χ1v) is 7.83. The number of nitrogens with zero attached hydrogens (tertiary/aromatic N) is 3. The van der Waals surface area contributed by atoms with Gasteiger partial charge in [-0.2, -0.15) is 5.10 Å². The van der Waals surface area contributed by atoms with Crippen molar-refractivity contribution in [2.24, 2.45) is 0 Å². The molecule has 0 bridgehead atoms. The van der Waals surface area contributed by atoms with E-state index in [1.165, 1.54) is 11.3 Å². The summed E-state index contributed by atoms with van der Waals surface area (Å²) < 4.78 is 6.39. The number of carbonyl (C=O) groups excluding carboxylic acids is 1. The molecule has 0 saturated carbocycles. The van der Waals surface area contributed by atoms with Gasteiger partial charge in [0.25, 0.3) is 5.91 Å². The first-order chi connectivity index (χ1) is 10.1. The number of rotatable bonds is 3. The van der Waals surface area contributed by atoms with Crippen LogP contribution in [0.4, 0.5) is 0 Å². The second kappa shape index (κ2) is 5.99. The highest BCUT2D eigenvalue weighted by Crippen LogP contribution is 2.25. The van der Waals surface area contributed by atoms with Crippen LogP contribution >= 0.6 is 22.9 Å². The molecular formula is C14H14ClN3O2S. The van der Waals surface area contributed by atoms with Crippen molar-refractivity contribution < 1.29 is 9.53 Å². The third kappa shape index (κ3) is 3.33. The fourth-order valence-electron chi connectivity index (χ4n) is 2.21. The fraction of sp³-hybridized carbons (Fsp3) is 0.357. The minimum absolute atomic E-state index is 0.00740. The molecule has 7 heteroatoms. The molecule has 0 radical (unpaired) electrons. The number of aryl methyl sites for hydroxylation is 1. The van der Waals surface area contributed by atoms with Crippen molar-refractivity contribution in [1.82, 2.24) is 15.1 Å². The lowest BCUT2D eigenvalue weighted by molar-refractivity contribution is 0.0775. The molecule has 1 fully saturated rings. The Bertz CT molecular complexity index is 644. The van der Waals surface area contributed by atoms with E-state index in [0.717, 1.165) is 12.1 Å². The summed E-state index contributed by atoms with van der Waals surface area (Å²) in [6.07, 6.45) is 0.752. The molecule has 0 spiro atoms. The molecule has 1 atom stereocenters. The Labute approximate surface area is 131 Å². The predicted octanol–water partition coefficient (Wildman–Crippen LogP) is 2.79. The summed E-state index contributed by atoms with van der Waals surface area (Å²) in [7, 11) is 0. The van der Waals surface area contributed by atoms with E-state index < -0.39 is 0 Å². The van der Waals surface area contributed by atoms with Crippen LogP contribution in [0, 0.1) is 6.92 Å². The number of amides is 1. The Morgan fingerprint density at radius 1 is 1.38 bits per heavy atom. The lowest BCUT2D eigenvalue weighted by Gasteiger charge is -2.16. The zero-order valence-electron chi connectivity index (χ0n) is 11.5. The van der Waals surface area contributed by atoms with Gasteiger partial charge in [0, 0.05) is 19.0 Å². The smallest absolute Gasteiger partial charge is 0.264 e. The molecule has 1 saturated heterocycles. The van der Waals surface area contributed by atoms with Crippen LogP contribution in [-0.4, -0.2) is 40.2 Å². The van der Waals surface area contributed by atoms with Crippen molar-refractivity contribution >= 4 is 28.8 Å². The van der Waals surface area contributed by atoms with Crippen molar-refractivity contribution in [2.45, 2.75) is 19.4 Å². The van der Waals surface area contributed by atoms with Crippen LogP contribution in [0.25, 0.3) is 0 Å². The van der Waals surface area contributed by atoms with Gasteiger partial charge in [0.1, 0.15) is 6.10 Å². The molecule has 3 heterocycles. The molecule has 0 aliphatic carbocycles. The van der Waals surface area contributed by atoms with E-state index in [1.807, 2.05) is 13.0 Å². The minimum atomic E-state index is -0.0404. The van der Waals surface area contributed by atoms with Gasteiger partial charge in [-0.05, 0) is 25.1 Å². The number of likely N-dealkylation sites (tertiary alicyclic amines) is 1. The molecule has 1 unspecified atom stereocenters. The molecule has 0 N–H and O–H groups in total. The highest BCUT2D eigenvalue weighted by Gasteiger charge is 2.29. The van der Waals surface area contributed by atoms with Gasteiger partial charge < -0.3 is 9.64 Å². The number of hydrogen-bond acceptors (Lipinski definition) is 5. The van der Waals surface area contributed by atoms with Gasteiger partial charge >= 0.3 is 0 Å². The van der Waals surface area contributed by atoms with Crippen molar-refractivity contribution in [1.29, 1.82) is 0 Å². The fourth-order valence-corrected chi connectivity index (χ4v) is 3.23. The molecule has 5 nitrogen and oxygen atoms in total. The third-order valence-electron chi connectivity index (χ3n) is 3.28. The lowest BCUT2D eigenvalue weighted by Crippen LogP contribution is -2.30. The normalized spacial score (nSPS) is 18.0. The van der Waals surface area contributed by atoms with Crippen molar-refractivity contribution in [2.75, 3.05) is 13.1 Å². The predicted molar refractivity (Wildman–Crippen MR) is 81.0 cm³/mol. The van der Waals surface area contributed by atoms with Crippen LogP contribution in [0.2, 0.25) is 4.34 Å². The number of hydrogen-bond donors (Lipinski definition) is 0. The van der Waals surface area contributed by atoms with E-state index >= 15 is 0 Å². The van der Waals surface area contributed by atoms with Gasteiger partial charge in [0.2, 0.25) is 5.88 Å². The number of halogens is 1. The number of aromatic nitrogens is 2. The van der Waals surface area contributed by atoms with Crippen LogP contribution in [-0.2, 0) is 0 Å². The molecule has 0 aromatic carbocycles. The van der Waals surface area contributed by atoms with Crippen molar-refractivity contribution in [3.63, 3.8) is 0 Å². The van der Waals surface area contributed by atoms with Crippen LogP contribution in [0.15, 0.2) is 24.3 Å². The van der Waals surface area contributed by atoms with Gasteiger partial charge in [-0.1, -0.05) is 11.6 Å². The number of thiophene rings is 1. The number of ether oxygens (including phenoxy) is 1. The van der Waals surface area contributed by atoms with Crippen LogP contribution in [0.1, 0.15) is 21.8 Å². The average Bonchev–Trinajstić information content (AvgIpc) is 3.10. The third-order valence-corrected chi connectivity index (χ3v) is 4.50. The zero-order valence-corrected chi connectivity index (χ0v) is 13.0. The maximum Gasteiger partial charge on any atom is 0.264 e. The van der Waals surface area contributed by atoms with Crippen molar-refractivity contribution in [3.8, 4) is 5.88 Å². The SMILES string of the molecule is Cc1ccc(OC2CCN(C(=O)c3ccc(Cl)s3)C2)nn1. The zero-order chi connectivity index (χ0) is 14.8. The van der Waals surface area contributed by atoms with Gasteiger partial charge in [0.15, 0.2) is 0 Å². The standard InChI is InChI=1S/C14H14ClN3O2S/c1-9-2-5-13(17-16-9)20-10-6-7-18(8-10)14(19)11-3-4-12(15)21-11/h2-5,10H,6-8H2,1H3. The van der Waals surface area contributed by atoms with Crippen LogP contribution < -0.4 is 4.74 Å². The monoisotopic (exact) mass is 323 g/mol. The maximum absolute atomic E-state index is 12.3. The topological polar surface area (TPSA) is 55.3 Å². The summed E-state index contributed by atoms with van der Waals surface area (Å²) in [6.45, 7) is 3.11. The molecular weight excluding hydrogens is 310 g/mol. The van der Waals surface area contributed by atoms with E-state index in [4.69, 9.17) is 16.3 Å². The van der Waals surface area contributed by atoms with E-state index in [9.17, 15) is 4.79 Å².